The predicted octanol–water partition coefficient (Wildman–Crippen LogP) is 3.26. The van der Waals surface area contributed by atoms with E-state index in [-0.39, 0.29) is 11.9 Å². The molecule has 2 aromatic rings. The van der Waals surface area contributed by atoms with Crippen LogP contribution in [0.3, 0.4) is 0 Å². The Labute approximate surface area is 116 Å². The van der Waals surface area contributed by atoms with E-state index in [1.807, 2.05) is 6.07 Å². The van der Waals surface area contributed by atoms with E-state index >= 15 is 0 Å². The summed E-state index contributed by atoms with van der Waals surface area (Å²) in [5.41, 5.74) is 9.47. The lowest BCUT2D eigenvalue weighted by Gasteiger charge is -2.29. The molecule has 19 heavy (non-hydrogen) atoms. The van der Waals surface area contributed by atoms with Gasteiger partial charge in [-0.1, -0.05) is 6.07 Å². The van der Waals surface area contributed by atoms with Crippen LogP contribution < -0.4 is 10.6 Å². The molecule has 1 aromatic carbocycles. The third-order valence-corrected chi connectivity index (χ3v) is 4.90. The van der Waals surface area contributed by atoms with Crippen LogP contribution in [0, 0.1) is 12.7 Å². The summed E-state index contributed by atoms with van der Waals surface area (Å²) < 4.78 is 13.5. The van der Waals surface area contributed by atoms with E-state index in [0.29, 0.717) is 6.54 Å². The summed E-state index contributed by atoms with van der Waals surface area (Å²) in [4.78, 5) is 3.54. The van der Waals surface area contributed by atoms with Crippen molar-refractivity contribution in [2.24, 2.45) is 5.73 Å². The Kier molecular flexibility index (Phi) is 3.29. The number of halogens is 1. The Morgan fingerprint density at radius 3 is 2.95 bits per heavy atom. The zero-order valence-electron chi connectivity index (χ0n) is 10.9. The summed E-state index contributed by atoms with van der Waals surface area (Å²) in [5.74, 6) is -0.177. The number of anilines is 1. The fraction of sp³-hybridized carbons (Fsp3) is 0.333. The van der Waals surface area contributed by atoms with Gasteiger partial charge in [-0.3, -0.25) is 0 Å². The lowest BCUT2D eigenvalue weighted by Crippen LogP contribution is -2.32. The third-order valence-electron chi connectivity index (χ3n) is 3.78. The lowest BCUT2D eigenvalue weighted by molar-refractivity contribution is 0.622. The molecule has 4 heteroatoms. The molecule has 1 aliphatic rings. The average molecular weight is 276 g/mol. The van der Waals surface area contributed by atoms with Crippen molar-refractivity contribution < 1.29 is 4.39 Å². The monoisotopic (exact) mass is 276 g/mol. The number of nitrogens with zero attached hydrogens (tertiary/aromatic N) is 1. The predicted molar refractivity (Wildman–Crippen MR) is 78.3 cm³/mol. The molecule has 100 valence electrons. The molecule has 0 spiro atoms. The normalized spacial score (nSPS) is 15.6. The first-order chi connectivity index (χ1) is 9.20. The molecule has 0 aliphatic carbocycles. The van der Waals surface area contributed by atoms with Gasteiger partial charge >= 0.3 is 0 Å². The van der Waals surface area contributed by atoms with Gasteiger partial charge in [-0.15, -0.1) is 11.3 Å². The second-order valence-corrected chi connectivity index (χ2v) is 5.88. The number of nitrogens with two attached hydrogens (primary N) is 1. The van der Waals surface area contributed by atoms with E-state index in [2.05, 4.69) is 23.3 Å². The molecule has 1 unspecified atom stereocenters. The van der Waals surface area contributed by atoms with Crippen molar-refractivity contribution in [3.8, 4) is 0 Å². The van der Waals surface area contributed by atoms with E-state index in [9.17, 15) is 4.39 Å². The van der Waals surface area contributed by atoms with E-state index < -0.39 is 0 Å². The first-order valence-corrected chi connectivity index (χ1v) is 7.38. The summed E-state index contributed by atoms with van der Waals surface area (Å²) in [7, 11) is 0. The molecule has 0 fully saturated rings. The molecule has 0 saturated heterocycles. The summed E-state index contributed by atoms with van der Waals surface area (Å²) in [6, 6.07) is 7.33. The van der Waals surface area contributed by atoms with Crippen molar-refractivity contribution in [1.82, 2.24) is 0 Å². The smallest absolute Gasteiger partial charge is 0.125 e. The third kappa shape index (κ3) is 2.15. The number of thiophene rings is 1. The first-order valence-electron chi connectivity index (χ1n) is 6.50. The van der Waals surface area contributed by atoms with Crippen LogP contribution >= 0.6 is 11.3 Å². The van der Waals surface area contributed by atoms with Crippen LogP contribution in [0.1, 0.15) is 22.0 Å². The topological polar surface area (TPSA) is 29.3 Å². The van der Waals surface area contributed by atoms with E-state index in [1.165, 1.54) is 22.1 Å². The van der Waals surface area contributed by atoms with Crippen LogP contribution in [0.5, 0.6) is 0 Å². The largest absolute Gasteiger partial charge is 0.362 e. The van der Waals surface area contributed by atoms with Gasteiger partial charge in [0, 0.05) is 23.7 Å². The van der Waals surface area contributed by atoms with E-state index in [4.69, 9.17) is 5.73 Å². The lowest BCUT2D eigenvalue weighted by atomic mass is 10.1. The molecule has 0 saturated carbocycles. The molecule has 2 nitrogen and oxygen atoms in total. The van der Waals surface area contributed by atoms with E-state index in [0.717, 1.165) is 18.7 Å². The fourth-order valence-electron chi connectivity index (χ4n) is 2.80. The van der Waals surface area contributed by atoms with Gasteiger partial charge in [0.15, 0.2) is 0 Å². The minimum Gasteiger partial charge on any atom is -0.362 e. The molecule has 2 heterocycles. The highest BCUT2D eigenvalue weighted by atomic mass is 32.1. The summed E-state index contributed by atoms with van der Waals surface area (Å²) in [6.45, 7) is 3.58. The number of hydrogen-bond donors (Lipinski definition) is 1. The maximum atomic E-state index is 13.5. The summed E-state index contributed by atoms with van der Waals surface area (Å²) in [6.07, 6.45) is 0.969. The number of fused-ring (bicyclic) bond motifs is 1. The van der Waals surface area contributed by atoms with Crippen molar-refractivity contribution in [3.63, 3.8) is 0 Å². The fourth-order valence-corrected chi connectivity index (χ4v) is 3.86. The van der Waals surface area contributed by atoms with Crippen molar-refractivity contribution >= 4 is 17.0 Å². The Hall–Kier alpha value is -1.39. The summed E-state index contributed by atoms with van der Waals surface area (Å²) >= 11 is 1.73. The van der Waals surface area contributed by atoms with Crippen LogP contribution in [0.2, 0.25) is 0 Å². The zero-order chi connectivity index (χ0) is 13.4. The molecule has 0 amide bonds. The van der Waals surface area contributed by atoms with Crippen molar-refractivity contribution in [3.05, 3.63) is 51.5 Å². The first kappa shape index (κ1) is 12.6. The average Bonchev–Trinajstić information content (AvgIpc) is 2.99. The SMILES string of the molecule is Cc1ccsc1C(CN)N1CCc2ccc(F)cc21. The molecular formula is C15H17FN2S. The van der Waals surface area contributed by atoms with Gasteiger partial charge in [-0.25, -0.2) is 4.39 Å². The molecule has 1 aliphatic heterocycles. The molecule has 0 radical (unpaired) electrons. The maximum Gasteiger partial charge on any atom is 0.125 e. The second kappa shape index (κ2) is 4.94. The van der Waals surface area contributed by atoms with Crippen molar-refractivity contribution in [2.75, 3.05) is 18.0 Å². The number of hydrogen-bond acceptors (Lipinski definition) is 3. The highest BCUT2D eigenvalue weighted by Gasteiger charge is 2.28. The van der Waals surface area contributed by atoms with Gasteiger partial charge in [0.05, 0.1) is 6.04 Å². The van der Waals surface area contributed by atoms with Gasteiger partial charge in [-0.05, 0) is 48.1 Å². The van der Waals surface area contributed by atoms with Crippen LogP contribution in [-0.4, -0.2) is 13.1 Å². The highest BCUT2D eigenvalue weighted by Crippen LogP contribution is 2.37. The Morgan fingerprint density at radius 2 is 2.26 bits per heavy atom. The number of rotatable bonds is 3. The molecule has 2 N–H and O–H groups in total. The summed E-state index contributed by atoms with van der Waals surface area (Å²) in [5, 5.41) is 2.09. The highest BCUT2D eigenvalue weighted by molar-refractivity contribution is 7.10. The van der Waals surface area contributed by atoms with Gasteiger partial charge in [-0.2, -0.15) is 0 Å². The minimum atomic E-state index is -0.177. The minimum absolute atomic E-state index is 0.156. The van der Waals surface area contributed by atoms with Gasteiger partial charge in [0.1, 0.15) is 5.82 Å². The van der Waals surface area contributed by atoms with Crippen LogP contribution in [0.15, 0.2) is 29.6 Å². The van der Waals surface area contributed by atoms with Crippen LogP contribution in [0.25, 0.3) is 0 Å². The Balaban J connectivity index is 2.00. The molecular weight excluding hydrogens is 259 g/mol. The zero-order valence-corrected chi connectivity index (χ0v) is 11.7. The molecule has 0 bridgehead atoms. The molecule has 1 atom stereocenters. The van der Waals surface area contributed by atoms with Gasteiger partial charge in [0.25, 0.3) is 0 Å². The Morgan fingerprint density at radius 1 is 1.42 bits per heavy atom. The standard InChI is InChI=1S/C15H17FN2S/c1-10-5-7-19-15(10)14(9-17)18-6-4-11-2-3-12(16)8-13(11)18/h2-3,5,7-8,14H,4,6,9,17H2,1H3. The van der Waals surface area contributed by atoms with Crippen molar-refractivity contribution in [1.29, 1.82) is 0 Å². The van der Waals surface area contributed by atoms with Gasteiger partial charge in [0.2, 0.25) is 0 Å². The maximum absolute atomic E-state index is 13.5. The molecule has 1 aromatic heterocycles. The van der Waals surface area contributed by atoms with Crippen molar-refractivity contribution in [2.45, 2.75) is 19.4 Å². The van der Waals surface area contributed by atoms with Crippen LogP contribution in [0.4, 0.5) is 10.1 Å². The Bertz CT molecular complexity index is 594. The second-order valence-electron chi connectivity index (χ2n) is 4.94. The van der Waals surface area contributed by atoms with Gasteiger partial charge < -0.3 is 10.6 Å². The number of benzene rings is 1. The quantitative estimate of drug-likeness (QED) is 0.932. The van der Waals surface area contributed by atoms with E-state index in [1.54, 1.807) is 17.4 Å². The van der Waals surface area contributed by atoms with Crippen LogP contribution in [-0.2, 0) is 6.42 Å². The molecule has 3 rings (SSSR count). The number of aryl methyl sites for hydroxylation is 1.